The number of aryl methyl sites for hydroxylation is 1. The lowest BCUT2D eigenvalue weighted by Gasteiger charge is -2.32. The van der Waals surface area contributed by atoms with Crippen LogP contribution < -0.4 is 9.62 Å². The first-order chi connectivity index (χ1) is 18.4. The molecule has 0 saturated heterocycles. The van der Waals surface area contributed by atoms with Crippen molar-refractivity contribution in [1.82, 2.24) is 10.2 Å². The fraction of sp³-hybridized carbons (Fsp3) is 0.310. The van der Waals surface area contributed by atoms with Gasteiger partial charge in [-0.05, 0) is 74.7 Å². The van der Waals surface area contributed by atoms with E-state index in [2.05, 4.69) is 5.32 Å². The highest BCUT2D eigenvalue weighted by molar-refractivity contribution is 7.92. The highest BCUT2D eigenvalue weighted by atomic mass is 35.5. The van der Waals surface area contributed by atoms with Crippen LogP contribution in [0.3, 0.4) is 0 Å². The summed E-state index contributed by atoms with van der Waals surface area (Å²) in [5, 5.41) is 3.67. The Morgan fingerprint density at radius 2 is 1.64 bits per heavy atom. The average molecular weight is 591 g/mol. The maximum atomic E-state index is 13.9. The molecule has 2 unspecified atom stereocenters. The number of nitrogens with zero attached hydrogens (tertiary/aromatic N) is 2. The Morgan fingerprint density at radius 1 is 0.949 bits per heavy atom. The van der Waals surface area contributed by atoms with Crippen LogP contribution in [-0.4, -0.2) is 43.8 Å². The summed E-state index contributed by atoms with van der Waals surface area (Å²) in [6.45, 7) is 6.74. The van der Waals surface area contributed by atoms with Crippen LogP contribution in [0.25, 0.3) is 0 Å². The summed E-state index contributed by atoms with van der Waals surface area (Å²) in [5.41, 5.74) is 1.75. The molecule has 0 aromatic heterocycles. The van der Waals surface area contributed by atoms with Crippen molar-refractivity contribution in [2.24, 2.45) is 0 Å². The lowest BCUT2D eigenvalue weighted by Crippen LogP contribution is -2.52. The van der Waals surface area contributed by atoms with Crippen LogP contribution in [-0.2, 0) is 26.2 Å². The number of carbonyl (C=O) groups is 2. The third kappa shape index (κ3) is 7.75. The SMILES string of the molecule is CCC(C)NC(=O)C(C)N(Cc1ccc(Cl)cc1Cl)C(=O)CN(c1cccc(C)c1)S(=O)(=O)c1ccccc1. The van der Waals surface area contributed by atoms with Gasteiger partial charge in [0.05, 0.1) is 10.6 Å². The van der Waals surface area contributed by atoms with Gasteiger partial charge >= 0.3 is 0 Å². The molecular formula is C29H33Cl2N3O4S. The van der Waals surface area contributed by atoms with Crippen molar-refractivity contribution >= 4 is 50.7 Å². The van der Waals surface area contributed by atoms with E-state index in [4.69, 9.17) is 23.2 Å². The molecule has 0 bridgehead atoms. The number of amides is 2. The minimum absolute atomic E-state index is 0.0169. The maximum Gasteiger partial charge on any atom is 0.264 e. The zero-order valence-electron chi connectivity index (χ0n) is 22.4. The highest BCUT2D eigenvalue weighted by Gasteiger charge is 2.33. The predicted molar refractivity (Wildman–Crippen MR) is 157 cm³/mol. The normalized spacial score (nSPS) is 12.9. The molecule has 2 atom stereocenters. The van der Waals surface area contributed by atoms with E-state index in [0.717, 1.165) is 9.87 Å². The quantitative estimate of drug-likeness (QED) is 0.305. The summed E-state index contributed by atoms with van der Waals surface area (Å²) in [7, 11) is -4.11. The van der Waals surface area contributed by atoms with E-state index in [-0.39, 0.29) is 23.4 Å². The molecule has 10 heteroatoms. The molecule has 1 N–H and O–H groups in total. The van der Waals surface area contributed by atoms with Crippen LogP contribution in [0, 0.1) is 6.92 Å². The molecule has 0 spiro atoms. The van der Waals surface area contributed by atoms with Crippen LogP contribution in [0.2, 0.25) is 10.0 Å². The number of hydrogen-bond acceptors (Lipinski definition) is 4. The summed E-state index contributed by atoms with van der Waals surface area (Å²) in [5.74, 6) is -0.912. The van der Waals surface area contributed by atoms with Crippen molar-refractivity contribution in [3.05, 3.63) is 94.0 Å². The van der Waals surface area contributed by atoms with Crippen LogP contribution in [0.15, 0.2) is 77.7 Å². The van der Waals surface area contributed by atoms with E-state index in [0.29, 0.717) is 27.7 Å². The van der Waals surface area contributed by atoms with Crippen molar-refractivity contribution in [3.63, 3.8) is 0 Å². The van der Waals surface area contributed by atoms with Gasteiger partial charge in [-0.25, -0.2) is 8.42 Å². The molecule has 0 radical (unpaired) electrons. The van der Waals surface area contributed by atoms with Crippen LogP contribution >= 0.6 is 23.2 Å². The number of rotatable bonds is 11. The fourth-order valence-electron chi connectivity index (χ4n) is 3.91. The van der Waals surface area contributed by atoms with E-state index in [1.54, 1.807) is 61.5 Å². The van der Waals surface area contributed by atoms with E-state index >= 15 is 0 Å². The van der Waals surface area contributed by atoms with E-state index in [9.17, 15) is 18.0 Å². The van der Waals surface area contributed by atoms with Gasteiger partial charge in [-0.2, -0.15) is 0 Å². The molecule has 3 aromatic carbocycles. The highest BCUT2D eigenvalue weighted by Crippen LogP contribution is 2.27. The third-order valence-electron chi connectivity index (χ3n) is 6.42. The van der Waals surface area contributed by atoms with Crippen LogP contribution in [0.5, 0.6) is 0 Å². The Bertz CT molecular complexity index is 1420. The second kappa shape index (κ2) is 13.3. The first kappa shape index (κ1) is 30.5. The molecular weight excluding hydrogens is 557 g/mol. The lowest BCUT2D eigenvalue weighted by atomic mass is 10.1. The van der Waals surface area contributed by atoms with Gasteiger partial charge in [0.25, 0.3) is 10.0 Å². The predicted octanol–water partition coefficient (Wildman–Crippen LogP) is 5.83. The van der Waals surface area contributed by atoms with Gasteiger partial charge in [-0.1, -0.05) is 66.5 Å². The zero-order valence-corrected chi connectivity index (χ0v) is 24.7. The molecule has 0 aliphatic heterocycles. The standard InChI is InChI=1S/C29H33Cl2N3O4S/c1-5-21(3)32-29(36)22(4)33(18-23-14-15-24(30)17-27(23)31)28(35)19-34(25-11-9-10-20(2)16-25)39(37,38)26-12-7-6-8-13-26/h6-17,21-22H,5,18-19H2,1-4H3,(H,32,36). The van der Waals surface area contributed by atoms with Gasteiger partial charge < -0.3 is 10.2 Å². The van der Waals surface area contributed by atoms with Gasteiger partial charge in [0.2, 0.25) is 11.8 Å². The number of halogens is 2. The smallest absolute Gasteiger partial charge is 0.264 e. The maximum absolute atomic E-state index is 13.9. The number of carbonyl (C=O) groups excluding carboxylic acids is 2. The minimum Gasteiger partial charge on any atom is -0.352 e. The van der Waals surface area contributed by atoms with Crippen molar-refractivity contribution in [2.75, 3.05) is 10.8 Å². The largest absolute Gasteiger partial charge is 0.352 e. The molecule has 0 heterocycles. The second-order valence-electron chi connectivity index (χ2n) is 9.41. The molecule has 0 saturated carbocycles. The Balaban J connectivity index is 2.04. The summed E-state index contributed by atoms with van der Waals surface area (Å²) >= 11 is 12.5. The van der Waals surface area contributed by atoms with Crippen LogP contribution in [0.1, 0.15) is 38.3 Å². The molecule has 208 valence electrons. The number of hydrogen-bond donors (Lipinski definition) is 1. The van der Waals surface area contributed by atoms with Crippen molar-refractivity contribution in [1.29, 1.82) is 0 Å². The molecule has 3 rings (SSSR count). The number of sulfonamides is 1. The van der Waals surface area contributed by atoms with Crippen molar-refractivity contribution in [2.45, 2.75) is 57.6 Å². The van der Waals surface area contributed by atoms with Gasteiger partial charge in [0.1, 0.15) is 12.6 Å². The fourth-order valence-corrected chi connectivity index (χ4v) is 5.81. The first-order valence-corrected chi connectivity index (χ1v) is 14.8. The molecule has 2 amide bonds. The molecule has 0 aliphatic rings. The lowest BCUT2D eigenvalue weighted by molar-refractivity contribution is -0.139. The summed E-state index contributed by atoms with van der Waals surface area (Å²) in [4.78, 5) is 28.5. The first-order valence-electron chi connectivity index (χ1n) is 12.6. The monoisotopic (exact) mass is 589 g/mol. The molecule has 39 heavy (non-hydrogen) atoms. The number of benzene rings is 3. The number of nitrogens with one attached hydrogen (secondary N) is 1. The molecule has 3 aromatic rings. The van der Waals surface area contributed by atoms with Gasteiger partial charge in [0, 0.05) is 22.6 Å². The molecule has 7 nitrogen and oxygen atoms in total. The Kier molecular flexibility index (Phi) is 10.4. The molecule has 0 aliphatic carbocycles. The Labute approximate surface area is 240 Å². The minimum atomic E-state index is -4.11. The zero-order chi connectivity index (χ0) is 28.7. The van der Waals surface area contributed by atoms with Crippen molar-refractivity contribution in [3.8, 4) is 0 Å². The van der Waals surface area contributed by atoms with Gasteiger partial charge in [-0.15, -0.1) is 0 Å². The van der Waals surface area contributed by atoms with E-state index in [1.807, 2.05) is 26.8 Å². The molecule has 0 fully saturated rings. The summed E-state index contributed by atoms with van der Waals surface area (Å²) < 4.78 is 28.6. The van der Waals surface area contributed by atoms with E-state index < -0.39 is 28.5 Å². The Hall–Kier alpha value is -3.07. The topological polar surface area (TPSA) is 86.8 Å². The van der Waals surface area contributed by atoms with Crippen LogP contribution in [0.4, 0.5) is 5.69 Å². The third-order valence-corrected chi connectivity index (χ3v) is 8.80. The second-order valence-corrected chi connectivity index (χ2v) is 12.1. The van der Waals surface area contributed by atoms with Gasteiger partial charge in [-0.3, -0.25) is 13.9 Å². The van der Waals surface area contributed by atoms with E-state index in [1.165, 1.54) is 17.0 Å². The number of anilines is 1. The Morgan fingerprint density at radius 3 is 2.26 bits per heavy atom. The average Bonchev–Trinajstić information content (AvgIpc) is 2.91. The summed E-state index contributed by atoms with van der Waals surface area (Å²) in [6, 6.07) is 18.7. The van der Waals surface area contributed by atoms with Gasteiger partial charge in [0.15, 0.2) is 0 Å². The van der Waals surface area contributed by atoms with Crippen molar-refractivity contribution < 1.29 is 18.0 Å². The summed E-state index contributed by atoms with van der Waals surface area (Å²) in [6.07, 6.45) is 0.714.